The molecule has 0 aromatic heterocycles. The summed E-state index contributed by atoms with van der Waals surface area (Å²) < 4.78 is 19.0. The van der Waals surface area contributed by atoms with Crippen LogP contribution in [0.5, 0.6) is 5.75 Å². The van der Waals surface area contributed by atoms with E-state index in [1.165, 1.54) is 17.0 Å². The molecule has 0 spiro atoms. The Kier molecular flexibility index (Phi) is 7.34. The van der Waals surface area contributed by atoms with Crippen LogP contribution in [-0.4, -0.2) is 32.3 Å². The average Bonchev–Trinajstić information content (AvgIpc) is 2.49. The molecule has 1 aliphatic carbocycles. The molecule has 1 aromatic carbocycles. The zero-order chi connectivity index (χ0) is 19.3. The third-order valence-corrected chi connectivity index (χ3v) is 4.58. The Labute approximate surface area is 156 Å². The molecular weight excluding hydrogens is 384 g/mol. The van der Waals surface area contributed by atoms with Gasteiger partial charge in [-0.1, -0.05) is 24.1 Å². The number of allylic oxidation sites excluding steroid dienone is 1. The van der Waals surface area contributed by atoms with Gasteiger partial charge in [-0.15, -0.1) is 0 Å². The maximum atomic E-state index is 14.3. The zero-order valence-corrected chi connectivity index (χ0v) is 15.5. The van der Waals surface area contributed by atoms with Gasteiger partial charge in [-0.3, -0.25) is 10.2 Å². The molecule has 10 heteroatoms. The Hall–Kier alpha value is -1.73. The van der Waals surface area contributed by atoms with Gasteiger partial charge in [0.25, 0.3) is 5.91 Å². The van der Waals surface area contributed by atoms with Gasteiger partial charge in [0.1, 0.15) is 22.4 Å². The van der Waals surface area contributed by atoms with E-state index in [-0.39, 0.29) is 28.7 Å². The van der Waals surface area contributed by atoms with Gasteiger partial charge in [0.05, 0.1) is 0 Å². The Morgan fingerprint density at radius 1 is 1.50 bits per heavy atom. The lowest BCUT2D eigenvalue weighted by molar-refractivity contribution is -0.128. The molecule has 5 N–H and O–H groups in total. The van der Waals surface area contributed by atoms with Crippen molar-refractivity contribution in [2.75, 3.05) is 6.54 Å². The third-order valence-electron chi connectivity index (χ3n) is 4.09. The molecule has 0 radical (unpaired) electrons. The fourth-order valence-electron chi connectivity index (χ4n) is 2.60. The lowest BCUT2D eigenvalue weighted by Crippen LogP contribution is -2.39. The largest absolute Gasteiger partial charge is 0.427 e. The van der Waals surface area contributed by atoms with Crippen molar-refractivity contribution in [1.82, 2.24) is 4.90 Å². The van der Waals surface area contributed by atoms with Gasteiger partial charge >= 0.3 is 8.60 Å². The van der Waals surface area contributed by atoms with Crippen molar-refractivity contribution >= 4 is 31.3 Å². The van der Waals surface area contributed by atoms with Gasteiger partial charge < -0.3 is 24.9 Å². The molecular formula is C16H20ClFN3O4P. The second kappa shape index (κ2) is 9.28. The van der Waals surface area contributed by atoms with Crippen LogP contribution in [0.4, 0.5) is 4.39 Å². The van der Waals surface area contributed by atoms with Gasteiger partial charge in [-0.2, -0.15) is 0 Å². The van der Waals surface area contributed by atoms with E-state index in [1.54, 1.807) is 0 Å². The van der Waals surface area contributed by atoms with E-state index in [2.05, 4.69) is 4.52 Å². The summed E-state index contributed by atoms with van der Waals surface area (Å²) in [4.78, 5) is 31.6. The summed E-state index contributed by atoms with van der Waals surface area (Å²) in [6.45, 7) is 0.415. The first-order valence-electron chi connectivity index (χ1n) is 7.91. The molecule has 1 amide bonds. The predicted molar refractivity (Wildman–Crippen MR) is 97.0 cm³/mol. The number of nitrogens with one attached hydrogen (secondary N) is 1. The molecule has 0 heterocycles. The van der Waals surface area contributed by atoms with Gasteiger partial charge in [-0.25, -0.2) is 4.39 Å². The normalized spacial score (nSPS) is 14.9. The molecule has 142 valence electrons. The number of benzene rings is 1. The fraction of sp³-hybridized carbons (Fsp3) is 0.375. The maximum absolute atomic E-state index is 14.3. The van der Waals surface area contributed by atoms with Crippen LogP contribution < -0.4 is 10.3 Å². The van der Waals surface area contributed by atoms with Crippen LogP contribution in [0.2, 0.25) is 0 Å². The van der Waals surface area contributed by atoms with Gasteiger partial charge in [0.15, 0.2) is 0 Å². The summed E-state index contributed by atoms with van der Waals surface area (Å²) >= 11 is 5.45. The summed E-state index contributed by atoms with van der Waals surface area (Å²) in [5.74, 6) is -0.843. The molecule has 1 aromatic rings. The Morgan fingerprint density at radius 2 is 2.19 bits per heavy atom. The SMILES string of the molecule is N=C(Cl)/C=C(\N)C(=O)N(Cc1ccc(OP(O)O)cc1F)CC1CCC1. The molecule has 1 aliphatic rings. The first-order valence-corrected chi connectivity index (χ1v) is 9.45. The average molecular weight is 404 g/mol. The third kappa shape index (κ3) is 5.92. The second-order valence-electron chi connectivity index (χ2n) is 6.03. The summed E-state index contributed by atoms with van der Waals surface area (Å²) in [6, 6.07) is 3.82. The minimum Gasteiger partial charge on any atom is -0.427 e. The molecule has 0 aliphatic heterocycles. The number of nitrogens with two attached hydrogens (primary N) is 1. The molecule has 1 saturated carbocycles. The number of halogens is 2. The van der Waals surface area contributed by atoms with Crippen molar-refractivity contribution < 1.29 is 23.5 Å². The number of nitrogens with zero attached hydrogens (tertiary/aromatic N) is 1. The number of hydrogen-bond donors (Lipinski definition) is 4. The minimum absolute atomic E-state index is 0.0153. The van der Waals surface area contributed by atoms with E-state index < -0.39 is 20.3 Å². The van der Waals surface area contributed by atoms with E-state index >= 15 is 0 Å². The lowest BCUT2D eigenvalue weighted by atomic mass is 9.85. The maximum Gasteiger partial charge on any atom is 0.391 e. The standard InChI is InChI=1S/C16H20ClFN3O4P/c17-15(20)7-14(19)16(22)21(8-10-2-1-3-10)9-11-4-5-12(6-13(11)18)25-26(23)24/h4-7,10,20,23-24H,1-3,8-9,19H2/b14-7-,20-15?. The van der Waals surface area contributed by atoms with Crippen LogP contribution >= 0.6 is 20.2 Å². The van der Waals surface area contributed by atoms with Crippen molar-refractivity contribution in [3.8, 4) is 5.75 Å². The summed E-state index contributed by atoms with van der Waals surface area (Å²) in [6.07, 6.45) is 4.13. The van der Waals surface area contributed by atoms with Crippen molar-refractivity contribution in [1.29, 1.82) is 5.41 Å². The monoisotopic (exact) mass is 403 g/mol. The quantitative estimate of drug-likeness (QED) is 0.302. The fourth-order valence-corrected chi connectivity index (χ4v) is 3.02. The zero-order valence-electron chi connectivity index (χ0n) is 13.9. The summed E-state index contributed by atoms with van der Waals surface area (Å²) in [5.41, 5.74) is 5.75. The van der Waals surface area contributed by atoms with Crippen LogP contribution in [0.25, 0.3) is 0 Å². The highest BCUT2D eigenvalue weighted by atomic mass is 35.5. The van der Waals surface area contributed by atoms with Crippen LogP contribution in [0.3, 0.4) is 0 Å². The van der Waals surface area contributed by atoms with Crippen LogP contribution in [-0.2, 0) is 11.3 Å². The molecule has 2 rings (SSSR count). The smallest absolute Gasteiger partial charge is 0.391 e. The molecule has 0 saturated heterocycles. The predicted octanol–water partition coefficient (Wildman–Crippen LogP) is 2.60. The minimum atomic E-state index is -2.64. The van der Waals surface area contributed by atoms with Crippen LogP contribution in [0, 0.1) is 17.1 Å². The first-order chi connectivity index (χ1) is 12.3. The van der Waals surface area contributed by atoms with Gasteiger partial charge in [-0.05, 0) is 24.8 Å². The van der Waals surface area contributed by atoms with Crippen molar-refractivity contribution in [3.63, 3.8) is 0 Å². The van der Waals surface area contributed by atoms with Crippen molar-refractivity contribution in [2.45, 2.75) is 25.8 Å². The van der Waals surface area contributed by atoms with E-state index in [9.17, 15) is 9.18 Å². The highest BCUT2D eigenvalue weighted by Crippen LogP contribution is 2.31. The topological polar surface area (TPSA) is 120 Å². The second-order valence-corrected chi connectivity index (χ2v) is 7.12. The number of carbonyl (C=O) groups is 1. The molecule has 1 fully saturated rings. The molecule has 26 heavy (non-hydrogen) atoms. The Balaban J connectivity index is 2.17. The Morgan fingerprint density at radius 3 is 2.69 bits per heavy atom. The highest BCUT2D eigenvalue weighted by Gasteiger charge is 2.25. The van der Waals surface area contributed by atoms with E-state index in [0.717, 1.165) is 31.4 Å². The Bertz CT molecular complexity index is 713. The van der Waals surface area contributed by atoms with E-state index in [4.69, 9.17) is 32.5 Å². The number of rotatable bonds is 8. The molecule has 0 bridgehead atoms. The molecule has 7 nitrogen and oxygen atoms in total. The number of hydrogen-bond acceptors (Lipinski definition) is 6. The molecule has 0 atom stereocenters. The molecule has 0 unspecified atom stereocenters. The van der Waals surface area contributed by atoms with Crippen molar-refractivity contribution in [3.05, 3.63) is 41.4 Å². The number of carbonyl (C=O) groups excluding carboxylic acids is 1. The first kappa shape index (κ1) is 20.6. The number of amides is 1. The van der Waals surface area contributed by atoms with Crippen LogP contribution in [0.1, 0.15) is 24.8 Å². The summed E-state index contributed by atoms with van der Waals surface area (Å²) in [5, 5.41) is 6.84. The lowest BCUT2D eigenvalue weighted by Gasteiger charge is -2.32. The van der Waals surface area contributed by atoms with E-state index in [1.807, 2.05) is 0 Å². The highest BCUT2D eigenvalue weighted by molar-refractivity contribution is 7.39. The van der Waals surface area contributed by atoms with E-state index in [0.29, 0.717) is 12.5 Å². The van der Waals surface area contributed by atoms with Crippen LogP contribution in [0.15, 0.2) is 30.0 Å². The summed E-state index contributed by atoms with van der Waals surface area (Å²) in [7, 11) is -2.64. The van der Waals surface area contributed by atoms with Gasteiger partial charge in [0.2, 0.25) is 0 Å². The van der Waals surface area contributed by atoms with Gasteiger partial charge in [0, 0.05) is 30.8 Å². The van der Waals surface area contributed by atoms with Crippen molar-refractivity contribution in [2.24, 2.45) is 11.7 Å².